The lowest BCUT2D eigenvalue weighted by molar-refractivity contribution is -0.161. The molecule has 3 unspecified atom stereocenters. The highest BCUT2D eigenvalue weighted by Crippen LogP contribution is 2.45. The summed E-state index contributed by atoms with van der Waals surface area (Å²) >= 11 is 0. The van der Waals surface area contributed by atoms with Crippen molar-refractivity contribution in [1.82, 2.24) is 0 Å². The fourth-order valence-corrected chi connectivity index (χ4v) is 14.4. The monoisotopic (exact) mass is 1490 g/mol. The zero-order valence-electron chi connectivity index (χ0n) is 67.1. The van der Waals surface area contributed by atoms with Crippen molar-refractivity contribution < 1.29 is 80.2 Å². The molecule has 0 amide bonds. The van der Waals surface area contributed by atoms with Crippen LogP contribution in [-0.4, -0.2) is 96.7 Å². The average Bonchev–Trinajstić information content (AvgIpc) is 0.922. The second kappa shape index (κ2) is 73.2. The summed E-state index contributed by atoms with van der Waals surface area (Å²) in [6, 6.07) is 0. The average molecular weight is 1490 g/mol. The number of esters is 4. The van der Waals surface area contributed by atoms with Crippen LogP contribution < -0.4 is 0 Å². The number of rotatable bonds is 81. The summed E-state index contributed by atoms with van der Waals surface area (Å²) in [6.45, 7) is 11.9. The summed E-state index contributed by atoms with van der Waals surface area (Å²) in [4.78, 5) is 73.0. The van der Waals surface area contributed by atoms with Gasteiger partial charge in [0.2, 0.25) is 0 Å². The van der Waals surface area contributed by atoms with Gasteiger partial charge in [0.15, 0.2) is 12.2 Å². The molecule has 0 rings (SSSR count). The van der Waals surface area contributed by atoms with Crippen molar-refractivity contribution in [2.45, 2.75) is 452 Å². The number of aliphatic hydroxyl groups is 1. The first-order valence-corrected chi connectivity index (χ1v) is 45.9. The van der Waals surface area contributed by atoms with Crippen molar-refractivity contribution in [1.29, 1.82) is 0 Å². The predicted octanol–water partition coefficient (Wildman–Crippen LogP) is 24.9. The molecule has 0 aromatic carbocycles. The van der Waals surface area contributed by atoms with E-state index >= 15 is 0 Å². The molecule has 0 aliphatic carbocycles. The third kappa shape index (κ3) is 74.9. The number of hydrogen-bond donors (Lipinski definition) is 3. The molecule has 0 saturated carbocycles. The van der Waals surface area contributed by atoms with Gasteiger partial charge in [0.05, 0.1) is 26.4 Å². The number of aliphatic hydroxyl groups excluding tert-OH is 1. The molecular weight excluding hydrogens is 1330 g/mol. The van der Waals surface area contributed by atoms with Gasteiger partial charge in [0, 0.05) is 25.7 Å². The van der Waals surface area contributed by atoms with E-state index in [4.69, 9.17) is 37.0 Å². The smallest absolute Gasteiger partial charge is 0.462 e. The standard InChI is InChI=1S/C83H162O17P2/c1-8-10-11-12-13-14-15-16-17-18-19-20-21-22-23-28-31-34-37-43-52-59-66-82(87)99-78(70-93-80(85)64-57-50-42-36-33-30-27-25-24-26-29-32-35-40-47-54-61-74(3)4)72-97-101(89,90)95-68-77(84)69-96-102(91,92)98-73-79(71-94-81(86)65-58-51-46-45-49-56-63-76(7)9-2)100-83(88)67-60-53-44-39-38-41-48-55-62-75(5)6/h74-79,84H,8-73H2,1-7H3,(H,89,90)(H,91,92)/t76?,77-,78-,79-/m1/s1. The molecule has 6 atom stereocenters. The third-order valence-electron chi connectivity index (χ3n) is 19.7. The van der Waals surface area contributed by atoms with Crippen molar-refractivity contribution >= 4 is 39.5 Å². The van der Waals surface area contributed by atoms with Crippen LogP contribution in [-0.2, 0) is 65.4 Å². The zero-order chi connectivity index (χ0) is 75.1. The molecule has 102 heavy (non-hydrogen) atoms. The van der Waals surface area contributed by atoms with Crippen molar-refractivity contribution in [2.75, 3.05) is 39.6 Å². The maximum absolute atomic E-state index is 13.1. The first-order valence-electron chi connectivity index (χ1n) is 42.9. The summed E-state index contributed by atoms with van der Waals surface area (Å²) < 4.78 is 68.7. The number of carbonyl (C=O) groups excluding carboxylic acids is 4. The van der Waals surface area contributed by atoms with E-state index in [-0.39, 0.29) is 25.7 Å². The van der Waals surface area contributed by atoms with Gasteiger partial charge < -0.3 is 33.8 Å². The summed E-state index contributed by atoms with van der Waals surface area (Å²) in [5.41, 5.74) is 0. The minimum Gasteiger partial charge on any atom is -0.462 e. The Kier molecular flexibility index (Phi) is 71.8. The quantitative estimate of drug-likeness (QED) is 0.0222. The van der Waals surface area contributed by atoms with Crippen molar-refractivity contribution in [3.63, 3.8) is 0 Å². The number of phosphoric acid groups is 2. The number of hydrogen-bond acceptors (Lipinski definition) is 15. The number of phosphoric ester groups is 2. The Hall–Kier alpha value is -1.94. The Morgan fingerprint density at radius 2 is 0.500 bits per heavy atom. The topological polar surface area (TPSA) is 237 Å². The lowest BCUT2D eigenvalue weighted by Crippen LogP contribution is -2.30. The van der Waals surface area contributed by atoms with Gasteiger partial charge in [0.1, 0.15) is 19.3 Å². The van der Waals surface area contributed by atoms with Crippen molar-refractivity contribution in [3.05, 3.63) is 0 Å². The molecule has 606 valence electrons. The van der Waals surface area contributed by atoms with Crippen LogP contribution in [0.25, 0.3) is 0 Å². The van der Waals surface area contributed by atoms with Crippen LogP contribution >= 0.6 is 15.6 Å². The molecule has 3 N–H and O–H groups in total. The fourth-order valence-electron chi connectivity index (χ4n) is 12.8. The van der Waals surface area contributed by atoms with Crippen LogP contribution in [0.2, 0.25) is 0 Å². The zero-order valence-corrected chi connectivity index (χ0v) is 68.9. The van der Waals surface area contributed by atoms with Crippen LogP contribution in [0.15, 0.2) is 0 Å². The molecule has 0 fully saturated rings. The molecule has 17 nitrogen and oxygen atoms in total. The second-order valence-electron chi connectivity index (χ2n) is 31.1. The van der Waals surface area contributed by atoms with Gasteiger partial charge in [-0.15, -0.1) is 0 Å². The van der Waals surface area contributed by atoms with Gasteiger partial charge in [0.25, 0.3) is 0 Å². The van der Waals surface area contributed by atoms with Crippen LogP contribution in [0, 0.1) is 17.8 Å². The summed E-state index contributed by atoms with van der Waals surface area (Å²) in [7, 11) is -9.92. The molecule has 0 aromatic heterocycles. The molecule has 0 aromatic rings. The number of ether oxygens (including phenoxy) is 4. The lowest BCUT2D eigenvalue weighted by Gasteiger charge is -2.21. The minimum atomic E-state index is -4.96. The minimum absolute atomic E-state index is 0.104. The Balaban J connectivity index is 5.20. The maximum atomic E-state index is 13.1. The highest BCUT2D eigenvalue weighted by atomic mass is 31.2. The molecule has 0 bridgehead atoms. The van der Waals surface area contributed by atoms with Gasteiger partial charge in [-0.25, -0.2) is 9.13 Å². The van der Waals surface area contributed by atoms with E-state index in [1.165, 1.54) is 238 Å². The molecule has 19 heteroatoms. The fraction of sp³-hybridized carbons (Fsp3) is 0.952. The summed E-state index contributed by atoms with van der Waals surface area (Å²) in [6.07, 6.45) is 62.8. The Morgan fingerprint density at radius 1 is 0.284 bits per heavy atom. The van der Waals surface area contributed by atoms with Gasteiger partial charge >= 0.3 is 39.5 Å². The Bertz CT molecular complexity index is 1980. The van der Waals surface area contributed by atoms with E-state index in [0.29, 0.717) is 25.7 Å². The molecule has 0 radical (unpaired) electrons. The summed E-state index contributed by atoms with van der Waals surface area (Å²) in [5.74, 6) is 0.148. The summed E-state index contributed by atoms with van der Waals surface area (Å²) in [5, 5.41) is 10.6. The molecular formula is C83H162O17P2. The first-order chi connectivity index (χ1) is 49.3. The van der Waals surface area contributed by atoms with Gasteiger partial charge in [-0.3, -0.25) is 37.3 Å². The predicted molar refractivity (Wildman–Crippen MR) is 418 cm³/mol. The van der Waals surface area contributed by atoms with Crippen LogP contribution in [0.4, 0.5) is 0 Å². The lowest BCUT2D eigenvalue weighted by atomic mass is 10.00. The van der Waals surface area contributed by atoms with Crippen LogP contribution in [0.3, 0.4) is 0 Å². The highest BCUT2D eigenvalue weighted by molar-refractivity contribution is 7.47. The highest BCUT2D eigenvalue weighted by Gasteiger charge is 2.30. The second-order valence-corrected chi connectivity index (χ2v) is 34.0. The SMILES string of the molecule is CCCCCCCCCCCCCCCCCCCCCCCCC(=O)O[C@H](COC(=O)CCCCCCCCCCCCCCCCCCC(C)C)COP(=O)(O)OC[C@@H](O)COP(=O)(O)OC[C@@H](COC(=O)CCCCCCCCC(C)CC)OC(=O)CCCCCCCCCCC(C)C. The van der Waals surface area contributed by atoms with E-state index in [9.17, 15) is 43.2 Å². The van der Waals surface area contributed by atoms with Crippen LogP contribution in [0.5, 0.6) is 0 Å². The van der Waals surface area contributed by atoms with E-state index in [1.807, 2.05) is 0 Å². The maximum Gasteiger partial charge on any atom is 0.472 e. The van der Waals surface area contributed by atoms with Crippen molar-refractivity contribution in [2.24, 2.45) is 17.8 Å². The van der Waals surface area contributed by atoms with E-state index in [2.05, 4.69) is 48.5 Å². The first kappa shape index (κ1) is 100. The van der Waals surface area contributed by atoms with Crippen molar-refractivity contribution in [3.8, 4) is 0 Å². The Labute approximate surface area is 626 Å². The van der Waals surface area contributed by atoms with E-state index < -0.39 is 97.5 Å². The third-order valence-corrected chi connectivity index (χ3v) is 21.6. The molecule has 0 aliphatic heterocycles. The normalized spacial score (nSPS) is 14.2. The largest absolute Gasteiger partial charge is 0.472 e. The van der Waals surface area contributed by atoms with Gasteiger partial charge in [-0.2, -0.15) is 0 Å². The molecule has 0 heterocycles. The molecule has 0 aliphatic rings. The van der Waals surface area contributed by atoms with Gasteiger partial charge in [-0.1, -0.05) is 382 Å². The Morgan fingerprint density at radius 3 is 0.745 bits per heavy atom. The number of carbonyl (C=O) groups is 4. The van der Waals surface area contributed by atoms with E-state index in [1.54, 1.807) is 0 Å². The molecule has 0 saturated heterocycles. The number of unbranched alkanes of at least 4 members (excludes halogenated alkanes) is 48. The van der Waals surface area contributed by atoms with Crippen LogP contribution in [0.1, 0.15) is 434 Å². The van der Waals surface area contributed by atoms with E-state index in [0.717, 1.165) is 114 Å². The van der Waals surface area contributed by atoms with Gasteiger partial charge in [-0.05, 0) is 43.4 Å². The molecule has 0 spiro atoms.